The van der Waals surface area contributed by atoms with Gasteiger partial charge in [0.25, 0.3) is 0 Å². The van der Waals surface area contributed by atoms with Crippen molar-refractivity contribution in [1.29, 1.82) is 5.26 Å². The minimum atomic E-state index is 0.128. The summed E-state index contributed by atoms with van der Waals surface area (Å²) in [5.41, 5.74) is 0. The van der Waals surface area contributed by atoms with E-state index in [2.05, 4.69) is 0 Å². The Balaban J connectivity index is 3.05. The normalized spacial score (nSPS) is 12.5. The molecule has 0 aliphatic heterocycles. The first-order chi connectivity index (χ1) is 5.31. The van der Waals surface area contributed by atoms with E-state index in [9.17, 15) is 0 Å². The first-order valence-corrected chi connectivity index (χ1v) is 3.65. The number of ether oxygens (including phenoxy) is 1. The van der Waals surface area contributed by atoms with E-state index in [0.717, 1.165) is 0 Å². The van der Waals surface area contributed by atoms with Crippen LogP contribution < -0.4 is 0 Å². The number of rotatable bonds is 6. The second-order valence-corrected chi connectivity index (χ2v) is 2.03. The van der Waals surface area contributed by atoms with Crippen molar-refractivity contribution < 1.29 is 4.74 Å². The summed E-state index contributed by atoms with van der Waals surface area (Å²) < 4.78 is 5.22. The van der Waals surface area contributed by atoms with Gasteiger partial charge in [0.2, 0.25) is 0 Å². The van der Waals surface area contributed by atoms with Crippen LogP contribution in [0, 0.1) is 37.0 Å². The van der Waals surface area contributed by atoms with Gasteiger partial charge in [-0.2, -0.15) is 5.26 Å². The van der Waals surface area contributed by atoms with Crippen LogP contribution in [0.3, 0.4) is 0 Å². The maximum Gasteiger partial charge on any atom is 0.0672 e. The molecule has 0 bridgehead atoms. The number of hydrogen-bond acceptors (Lipinski definition) is 2. The highest BCUT2D eigenvalue weighted by atomic mass is 16.5. The van der Waals surface area contributed by atoms with Gasteiger partial charge in [-0.25, -0.2) is 0 Å². The molecule has 0 saturated carbocycles. The van der Waals surface area contributed by atoms with Gasteiger partial charge in [0, 0.05) is 6.61 Å². The molecule has 0 unspecified atom stereocenters. The molecule has 4 radical (unpaired) electrons. The highest BCUT2D eigenvalue weighted by Crippen LogP contribution is 2.01. The second kappa shape index (κ2) is 7.56. The van der Waals surface area contributed by atoms with E-state index in [-0.39, 0.29) is 6.10 Å². The molecule has 2 nitrogen and oxygen atoms in total. The molecule has 0 saturated heterocycles. The van der Waals surface area contributed by atoms with Crippen LogP contribution in [-0.2, 0) is 4.74 Å². The van der Waals surface area contributed by atoms with Crippen molar-refractivity contribution in [3.63, 3.8) is 0 Å². The van der Waals surface area contributed by atoms with Crippen molar-refractivity contribution in [1.82, 2.24) is 0 Å². The lowest BCUT2D eigenvalue weighted by molar-refractivity contribution is 0.100. The van der Waals surface area contributed by atoms with Crippen molar-refractivity contribution in [2.24, 2.45) is 0 Å². The van der Waals surface area contributed by atoms with E-state index in [1.54, 1.807) is 6.42 Å². The summed E-state index contributed by atoms with van der Waals surface area (Å²) in [7, 11) is 0. The quantitative estimate of drug-likeness (QED) is 0.542. The van der Waals surface area contributed by atoms with Gasteiger partial charge in [-0.3, -0.25) is 0 Å². The van der Waals surface area contributed by atoms with Crippen LogP contribution in [0.4, 0.5) is 0 Å². The standard InChI is InChI=1S/C9H13NO/c1-3-11-9(2)7-5-4-6-8-10/h4-7,9H,3H2,1-2H3/t9-/m1/s1. The summed E-state index contributed by atoms with van der Waals surface area (Å²) in [6.07, 6.45) is 6.95. The summed E-state index contributed by atoms with van der Waals surface area (Å²) in [5.74, 6) is 0. The first kappa shape index (κ1) is 10.4. The summed E-state index contributed by atoms with van der Waals surface area (Å²) in [6.45, 7) is 4.63. The Bertz CT molecular complexity index is 117. The molecule has 0 aliphatic carbocycles. The topological polar surface area (TPSA) is 33.0 Å². The van der Waals surface area contributed by atoms with Gasteiger partial charge in [0.05, 0.1) is 18.6 Å². The van der Waals surface area contributed by atoms with Gasteiger partial charge in [-0.05, 0) is 33.1 Å². The molecule has 0 aliphatic rings. The molecule has 0 spiro atoms. The molecular weight excluding hydrogens is 138 g/mol. The number of unbranched alkanes of at least 4 members (excludes halogenated alkanes) is 2. The zero-order chi connectivity index (χ0) is 8.53. The minimum Gasteiger partial charge on any atom is -0.378 e. The molecule has 0 aromatic carbocycles. The van der Waals surface area contributed by atoms with E-state index >= 15 is 0 Å². The molecule has 1 atom stereocenters. The predicted molar refractivity (Wildman–Crippen MR) is 43.9 cm³/mol. The van der Waals surface area contributed by atoms with Crippen LogP contribution in [0.25, 0.3) is 0 Å². The van der Waals surface area contributed by atoms with E-state index in [1.807, 2.05) is 32.8 Å². The Kier molecular flexibility index (Phi) is 7.18. The third kappa shape index (κ3) is 7.35. The molecule has 0 amide bonds. The smallest absolute Gasteiger partial charge is 0.0672 e. The van der Waals surface area contributed by atoms with E-state index < -0.39 is 0 Å². The minimum absolute atomic E-state index is 0.128. The lowest BCUT2D eigenvalue weighted by Gasteiger charge is -2.08. The van der Waals surface area contributed by atoms with Crippen molar-refractivity contribution in [2.45, 2.75) is 20.0 Å². The molecule has 11 heavy (non-hydrogen) atoms. The molecule has 0 aromatic rings. The van der Waals surface area contributed by atoms with Gasteiger partial charge in [0.15, 0.2) is 0 Å². The third-order valence-corrected chi connectivity index (χ3v) is 1.09. The van der Waals surface area contributed by atoms with Crippen LogP contribution in [0.1, 0.15) is 13.8 Å². The maximum atomic E-state index is 8.13. The van der Waals surface area contributed by atoms with Crippen molar-refractivity contribution >= 4 is 0 Å². The zero-order valence-corrected chi connectivity index (χ0v) is 6.95. The van der Waals surface area contributed by atoms with E-state index in [1.165, 1.54) is 6.42 Å². The number of nitriles is 1. The van der Waals surface area contributed by atoms with Crippen LogP contribution in [0.5, 0.6) is 0 Å². The Labute approximate surface area is 69.2 Å². The van der Waals surface area contributed by atoms with Gasteiger partial charge in [-0.15, -0.1) is 0 Å². The fraction of sp³-hybridized carbons (Fsp3) is 0.444. The molecule has 60 valence electrons. The van der Waals surface area contributed by atoms with Gasteiger partial charge < -0.3 is 4.74 Å². The molecule has 0 N–H and O–H groups in total. The number of nitrogens with zero attached hydrogens (tertiary/aromatic N) is 1. The summed E-state index contributed by atoms with van der Waals surface area (Å²) in [5, 5.41) is 8.13. The molecule has 0 aromatic heterocycles. The summed E-state index contributed by atoms with van der Waals surface area (Å²) >= 11 is 0. The van der Waals surface area contributed by atoms with Crippen LogP contribution >= 0.6 is 0 Å². The predicted octanol–water partition coefficient (Wildman–Crippen LogP) is 1.75. The Morgan fingerprint density at radius 3 is 2.82 bits per heavy atom. The highest BCUT2D eigenvalue weighted by molar-refractivity contribution is 5.13. The monoisotopic (exact) mass is 151 g/mol. The average Bonchev–Trinajstić information content (AvgIpc) is 1.99. The lowest BCUT2D eigenvalue weighted by atomic mass is 10.1. The van der Waals surface area contributed by atoms with Crippen molar-refractivity contribution in [2.75, 3.05) is 6.61 Å². The van der Waals surface area contributed by atoms with Crippen molar-refractivity contribution in [3.8, 4) is 6.07 Å². The lowest BCUT2D eigenvalue weighted by Crippen LogP contribution is -2.08. The zero-order valence-electron chi connectivity index (χ0n) is 6.95. The van der Waals surface area contributed by atoms with Crippen molar-refractivity contribution in [3.05, 3.63) is 25.7 Å². The fourth-order valence-corrected chi connectivity index (χ4v) is 0.638. The van der Waals surface area contributed by atoms with Gasteiger partial charge in [0.1, 0.15) is 0 Å². The highest BCUT2D eigenvalue weighted by Gasteiger charge is 2.00. The first-order valence-electron chi connectivity index (χ1n) is 3.65. The van der Waals surface area contributed by atoms with E-state index in [4.69, 9.17) is 10.00 Å². The Morgan fingerprint density at radius 2 is 2.27 bits per heavy atom. The van der Waals surface area contributed by atoms with Crippen LogP contribution in [0.15, 0.2) is 0 Å². The van der Waals surface area contributed by atoms with E-state index in [0.29, 0.717) is 6.61 Å². The van der Waals surface area contributed by atoms with Gasteiger partial charge in [-0.1, -0.05) is 0 Å². The second-order valence-electron chi connectivity index (χ2n) is 2.03. The SMILES string of the molecule is CCO[C@H](C)[CH][CH][CH][CH]C#N. The fourth-order valence-electron chi connectivity index (χ4n) is 0.638. The Morgan fingerprint density at radius 1 is 1.55 bits per heavy atom. The van der Waals surface area contributed by atoms with Gasteiger partial charge >= 0.3 is 0 Å². The third-order valence-electron chi connectivity index (χ3n) is 1.09. The molecule has 0 fully saturated rings. The number of hydrogen-bond donors (Lipinski definition) is 0. The maximum absolute atomic E-state index is 8.13. The molecule has 0 heterocycles. The molecular formula is C9H13NO. The largest absolute Gasteiger partial charge is 0.378 e. The van der Waals surface area contributed by atoms with Crippen LogP contribution in [0.2, 0.25) is 0 Å². The van der Waals surface area contributed by atoms with Crippen LogP contribution in [-0.4, -0.2) is 12.7 Å². The summed E-state index contributed by atoms with van der Waals surface area (Å²) in [4.78, 5) is 0. The summed E-state index contributed by atoms with van der Waals surface area (Å²) in [6, 6.07) is 1.90. The Hall–Kier alpha value is -0.550. The molecule has 0 rings (SSSR count). The average molecular weight is 151 g/mol. The molecule has 2 heteroatoms.